The molecule has 2 heterocycles. The van der Waals surface area contributed by atoms with E-state index in [1.807, 2.05) is 0 Å². The molecule has 0 N–H and O–H groups in total. The van der Waals surface area contributed by atoms with Crippen LogP contribution in [0.4, 0.5) is 10.1 Å². The Bertz CT molecular complexity index is 766. The van der Waals surface area contributed by atoms with Crippen molar-refractivity contribution in [1.29, 1.82) is 0 Å². The Labute approximate surface area is 130 Å². The van der Waals surface area contributed by atoms with Crippen molar-refractivity contribution in [3.63, 3.8) is 0 Å². The number of hydrogen-bond donors (Lipinski definition) is 0. The van der Waals surface area contributed by atoms with Gasteiger partial charge in [0.05, 0.1) is 22.9 Å². The molecule has 5 nitrogen and oxygen atoms in total. The average molecular weight is 321 g/mol. The summed E-state index contributed by atoms with van der Waals surface area (Å²) in [6.45, 7) is -0.219. The van der Waals surface area contributed by atoms with E-state index in [0.29, 0.717) is 23.3 Å². The molecule has 0 saturated heterocycles. The summed E-state index contributed by atoms with van der Waals surface area (Å²) in [6.07, 6.45) is 2.01. The molecule has 22 heavy (non-hydrogen) atoms. The molecule has 1 aliphatic heterocycles. The van der Waals surface area contributed by atoms with E-state index in [1.54, 1.807) is 12.1 Å². The highest BCUT2D eigenvalue weighted by Crippen LogP contribution is 2.33. The molecule has 0 fully saturated rings. The number of pyridine rings is 1. The van der Waals surface area contributed by atoms with Crippen molar-refractivity contribution >= 4 is 29.5 Å². The van der Waals surface area contributed by atoms with Gasteiger partial charge < -0.3 is 4.74 Å². The van der Waals surface area contributed by atoms with Gasteiger partial charge in [-0.2, -0.15) is 0 Å². The first-order valence-electron chi connectivity index (χ1n) is 6.41. The van der Waals surface area contributed by atoms with Crippen LogP contribution in [-0.2, 0) is 11.3 Å². The third-order valence-electron chi connectivity index (χ3n) is 3.25. The molecule has 0 saturated carbocycles. The zero-order chi connectivity index (χ0) is 15.7. The van der Waals surface area contributed by atoms with E-state index in [0.717, 1.165) is 6.07 Å². The van der Waals surface area contributed by atoms with E-state index in [2.05, 4.69) is 4.98 Å². The van der Waals surface area contributed by atoms with Crippen LogP contribution >= 0.6 is 11.6 Å². The Morgan fingerprint density at radius 1 is 1.41 bits per heavy atom. The van der Waals surface area contributed by atoms with Gasteiger partial charge in [-0.05, 0) is 24.3 Å². The number of ether oxygens (including phenoxy) is 1. The third-order valence-corrected chi connectivity index (χ3v) is 3.46. The van der Waals surface area contributed by atoms with Crippen molar-refractivity contribution < 1.29 is 18.7 Å². The standard InChI is InChI=1S/C15H10ClFN2O3/c16-10-4-11(17)12(18-5-10)6-19-13-2-1-9(7-20)3-14(13)22-8-15(19)21/h1-5,7H,6,8H2. The van der Waals surface area contributed by atoms with Crippen molar-refractivity contribution in [2.24, 2.45) is 0 Å². The number of carbonyl (C=O) groups is 2. The van der Waals surface area contributed by atoms with E-state index < -0.39 is 5.82 Å². The first-order valence-corrected chi connectivity index (χ1v) is 6.78. The minimum Gasteiger partial charge on any atom is -0.482 e. The summed E-state index contributed by atoms with van der Waals surface area (Å²) in [5.41, 5.74) is 1.01. The minimum absolute atomic E-state index is 0.0430. The molecule has 1 aliphatic rings. The lowest BCUT2D eigenvalue weighted by Crippen LogP contribution is -2.38. The number of anilines is 1. The number of carbonyl (C=O) groups excluding carboxylic acids is 2. The molecule has 0 bridgehead atoms. The maximum Gasteiger partial charge on any atom is 0.265 e. The fourth-order valence-corrected chi connectivity index (χ4v) is 2.32. The van der Waals surface area contributed by atoms with Crippen LogP contribution in [0.25, 0.3) is 0 Å². The van der Waals surface area contributed by atoms with Gasteiger partial charge >= 0.3 is 0 Å². The molecule has 112 valence electrons. The van der Waals surface area contributed by atoms with Crippen molar-refractivity contribution in [2.45, 2.75) is 6.54 Å². The normalized spacial score (nSPS) is 13.5. The summed E-state index contributed by atoms with van der Waals surface area (Å²) in [5, 5.41) is 0.186. The van der Waals surface area contributed by atoms with Crippen LogP contribution in [0.5, 0.6) is 5.75 Å². The van der Waals surface area contributed by atoms with Crippen molar-refractivity contribution in [2.75, 3.05) is 11.5 Å². The van der Waals surface area contributed by atoms with E-state index in [1.165, 1.54) is 17.2 Å². The monoisotopic (exact) mass is 320 g/mol. The number of aromatic nitrogens is 1. The van der Waals surface area contributed by atoms with Gasteiger partial charge in [-0.3, -0.25) is 19.5 Å². The maximum atomic E-state index is 13.9. The Hall–Kier alpha value is -2.47. The predicted octanol–water partition coefficient (Wildman–Crippen LogP) is 2.61. The molecule has 7 heteroatoms. The quantitative estimate of drug-likeness (QED) is 0.816. The molecule has 2 aromatic rings. The smallest absolute Gasteiger partial charge is 0.265 e. The minimum atomic E-state index is -0.585. The number of nitrogens with zero attached hydrogens (tertiary/aromatic N) is 2. The summed E-state index contributed by atoms with van der Waals surface area (Å²) in [7, 11) is 0. The van der Waals surface area contributed by atoms with Crippen molar-refractivity contribution in [3.8, 4) is 5.75 Å². The molecule has 0 aliphatic carbocycles. The highest BCUT2D eigenvalue weighted by molar-refractivity contribution is 6.30. The third kappa shape index (κ3) is 2.65. The summed E-state index contributed by atoms with van der Waals surface area (Å²) in [5.74, 6) is -0.501. The second-order valence-corrected chi connectivity index (χ2v) is 5.13. The number of benzene rings is 1. The molecule has 0 atom stereocenters. The van der Waals surface area contributed by atoms with Crippen molar-refractivity contribution in [3.05, 3.63) is 52.6 Å². The first-order chi connectivity index (χ1) is 10.6. The number of fused-ring (bicyclic) bond motifs is 1. The Morgan fingerprint density at radius 3 is 2.95 bits per heavy atom. The second-order valence-electron chi connectivity index (χ2n) is 4.70. The number of rotatable bonds is 3. The summed E-state index contributed by atoms with van der Waals surface area (Å²) < 4.78 is 19.2. The number of halogens is 2. The average Bonchev–Trinajstić information content (AvgIpc) is 2.51. The lowest BCUT2D eigenvalue weighted by atomic mass is 10.1. The second kappa shape index (κ2) is 5.73. The topological polar surface area (TPSA) is 59.5 Å². The molecule has 1 aromatic heterocycles. The van der Waals surface area contributed by atoms with Gasteiger partial charge in [0, 0.05) is 11.8 Å². The fraction of sp³-hybridized carbons (Fsp3) is 0.133. The molecule has 1 aromatic carbocycles. The first kappa shape index (κ1) is 14.5. The van der Waals surface area contributed by atoms with Gasteiger partial charge in [-0.1, -0.05) is 11.6 Å². The van der Waals surface area contributed by atoms with Gasteiger partial charge in [0.25, 0.3) is 5.91 Å². The van der Waals surface area contributed by atoms with E-state index >= 15 is 0 Å². The van der Waals surface area contributed by atoms with Crippen LogP contribution in [0.3, 0.4) is 0 Å². The number of amides is 1. The predicted molar refractivity (Wildman–Crippen MR) is 77.7 cm³/mol. The SMILES string of the molecule is O=Cc1ccc2c(c1)OCC(=O)N2Cc1ncc(Cl)cc1F. The van der Waals surface area contributed by atoms with Gasteiger partial charge in [0.2, 0.25) is 0 Å². The lowest BCUT2D eigenvalue weighted by Gasteiger charge is -2.29. The zero-order valence-electron chi connectivity index (χ0n) is 11.3. The molecule has 1 amide bonds. The Kier molecular flexibility index (Phi) is 3.77. The van der Waals surface area contributed by atoms with Crippen LogP contribution in [0.2, 0.25) is 5.02 Å². The van der Waals surface area contributed by atoms with E-state index in [9.17, 15) is 14.0 Å². The van der Waals surface area contributed by atoms with Crippen LogP contribution in [0.1, 0.15) is 16.1 Å². The highest BCUT2D eigenvalue weighted by Gasteiger charge is 2.27. The van der Waals surface area contributed by atoms with Crippen LogP contribution < -0.4 is 9.64 Å². The van der Waals surface area contributed by atoms with Gasteiger partial charge in [-0.25, -0.2) is 4.39 Å². The van der Waals surface area contributed by atoms with Crippen LogP contribution in [-0.4, -0.2) is 23.8 Å². The molecule has 0 unspecified atom stereocenters. The van der Waals surface area contributed by atoms with Crippen LogP contribution in [0.15, 0.2) is 30.5 Å². The lowest BCUT2D eigenvalue weighted by molar-refractivity contribution is -0.121. The largest absolute Gasteiger partial charge is 0.482 e. The molecule has 0 spiro atoms. The molecular formula is C15H10ClFN2O3. The van der Waals surface area contributed by atoms with Gasteiger partial charge in [-0.15, -0.1) is 0 Å². The Morgan fingerprint density at radius 2 is 2.23 bits per heavy atom. The van der Waals surface area contributed by atoms with Crippen molar-refractivity contribution in [1.82, 2.24) is 4.98 Å². The van der Waals surface area contributed by atoms with E-state index in [-0.39, 0.29) is 29.8 Å². The number of aldehydes is 1. The molecule has 0 radical (unpaired) electrons. The highest BCUT2D eigenvalue weighted by atomic mass is 35.5. The van der Waals surface area contributed by atoms with Gasteiger partial charge in [0.1, 0.15) is 17.9 Å². The summed E-state index contributed by atoms with van der Waals surface area (Å²) in [4.78, 5) is 28.1. The van der Waals surface area contributed by atoms with Gasteiger partial charge in [0.15, 0.2) is 6.61 Å². The van der Waals surface area contributed by atoms with E-state index in [4.69, 9.17) is 16.3 Å². The summed E-state index contributed by atoms with van der Waals surface area (Å²) in [6, 6.07) is 5.83. The molecular weight excluding hydrogens is 311 g/mol. The molecule has 3 rings (SSSR count). The zero-order valence-corrected chi connectivity index (χ0v) is 12.0. The van der Waals surface area contributed by atoms with Crippen LogP contribution in [0, 0.1) is 5.82 Å². The fourth-order valence-electron chi connectivity index (χ4n) is 2.18. The summed E-state index contributed by atoms with van der Waals surface area (Å²) >= 11 is 5.67. The number of hydrogen-bond acceptors (Lipinski definition) is 4. The maximum absolute atomic E-state index is 13.9. The Balaban J connectivity index is 1.97.